The molecule has 2 amide bonds. The summed E-state index contributed by atoms with van der Waals surface area (Å²) >= 11 is 14.7. The maximum Gasteiger partial charge on any atom is 0.352 e. The number of carboxylic acid groups (broad SMARTS) is 1. The monoisotopic (exact) mass is 540 g/mol. The zero-order valence-electron chi connectivity index (χ0n) is 17.6. The number of aliphatic hydroxyl groups is 1. The molecule has 1 aromatic heterocycles. The van der Waals surface area contributed by atoms with E-state index in [2.05, 4.69) is 5.32 Å². The number of hydrogen-bond donors (Lipinski definition) is 3. The van der Waals surface area contributed by atoms with E-state index in [-0.39, 0.29) is 30.5 Å². The minimum Gasteiger partial charge on any atom is -0.477 e. The molecule has 2 aliphatic heterocycles. The number of aliphatic carboxylic acids is 1. The lowest BCUT2D eigenvalue weighted by Gasteiger charge is -2.49. The molecule has 2 atom stereocenters. The average Bonchev–Trinajstić information content (AvgIpc) is 2.82. The van der Waals surface area contributed by atoms with E-state index in [9.17, 15) is 24.6 Å². The molecule has 0 unspecified atom stereocenters. The van der Waals surface area contributed by atoms with Gasteiger partial charge in [0.25, 0.3) is 5.91 Å². The summed E-state index contributed by atoms with van der Waals surface area (Å²) in [5, 5.41) is 22.4. The van der Waals surface area contributed by atoms with E-state index >= 15 is 0 Å². The summed E-state index contributed by atoms with van der Waals surface area (Å²) in [6, 6.07) is 7.69. The second-order valence-corrected chi connectivity index (χ2v) is 10.6. The molecule has 1 fully saturated rings. The average molecular weight is 541 g/mol. The Bertz CT molecular complexity index is 1190. The fourth-order valence-corrected chi connectivity index (χ4v) is 6.38. The van der Waals surface area contributed by atoms with Crippen LogP contribution in [0.2, 0.25) is 10.0 Å². The number of nitrogens with one attached hydrogen (secondary N) is 1. The molecule has 1 aromatic carbocycles. The molecule has 1 saturated heterocycles. The first-order chi connectivity index (χ1) is 16.3. The molecule has 2 aromatic rings. The third-order valence-electron chi connectivity index (χ3n) is 5.29. The van der Waals surface area contributed by atoms with Crippen LogP contribution in [0.3, 0.4) is 0 Å². The van der Waals surface area contributed by atoms with Gasteiger partial charge in [0.15, 0.2) is 18.9 Å². The van der Waals surface area contributed by atoms with E-state index in [4.69, 9.17) is 23.2 Å². The molecule has 0 bridgehead atoms. The molecule has 2 aliphatic rings. The number of fused-ring (bicyclic) bond motifs is 1. The Morgan fingerprint density at radius 1 is 1.29 bits per heavy atom. The third-order valence-corrected chi connectivity index (χ3v) is 8.37. The van der Waals surface area contributed by atoms with Crippen molar-refractivity contribution in [3.63, 3.8) is 0 Å². The Kier molecular flexibility index (Phi) is 7.73. The van der Waals surface area contributed by atoms with Crippen molar-refractivity contribution in [1.82, 2.24) is 10.2 Å². The molecule has 34 heavy (non-hydrogen) atoms. The number of aromatic nitrogens is 1. The van der Waals surface area contributed by atoms with E-state index in [0.29, 0.717) is 31.8 Å². The molecule has 4 rings (SSSR count). The predicted molar refractivity (Wildman–Crippen MR) is 129 cm³/mol. The number of rotatable bonds is 8. The van der Waals surface area contributed by atoms with Crippen LogP contribution in [0.15, 0.2) is 58.9 Å². The molecule has 178 valence electrons. The van der Waals surface area contributed by atoms with Crippen LogP contribution >= 0.6 is 46.7 Å². The number of hydrogen-bond acceptors (Lipinski definition) is 6. The molecular weight excluding hydrogens is 521 g/mol. The number of thioether (sulfide) groups is 2. The summed E-state index contributed by atoms with van der Waals surface area (Å²) in [5.74, 6) is -1.58. The molecule has 0 spiro atoms. The fraction of sp³-hybridized carbons (Fsp3) is 0.273. The zero-order valence-corrected chi connectivity index (χ0v) is 20.8. The number of carboxylic acids is 1. The first kappa shape index (κ1) is 24.9. The zero-order chi connectivity index (χ0) is 24.4. The van der Waals surface area contributed by atoms with Crippen LogP contribution in [-0.2, 0) is 27.5 Å². The molecule has 0 saturated carbocycles. The van der Waals surface area contributed by atoms with Crippen LogP contribution in [0, 0.1) is 0 Å². The highest BCUT2D eigenvalue weighted by Crippen LogP contribution is 2.40. The number of carbonyl (C=O) groups is 3. The highest BCUT2D eigenvalue weighted by Gasteiger charge is 2.54. The lowest BCUT2D eigenvalue weighted by molar-refractivity contribution is -0.689. The van der Waals surface area contributed by atoms with Gasteiger partial charge < -0.3 is 15.5 Å². The smallest absolute Gasteiger partial charge is 0.352 e. The van der Waals surface area contributed by atoms with Crippen LogP contribution in [0.25, 0.3) is 0 Å². The van der Waals surface area contributed by atoms with Crippen LogP contribution < -0.4 is 9.88 Å². The first-order valence-electron chi connectivity index (χ1n) is 10.1. The van der Waals surface area contributed by atoms with E-state index in [1.807, 2.05) is 0 Å². The van der Waals surface area contributed by atoms with Crippen molar-refractivity contribution in [2.75, 3.05) is 11.5 Å². The van der Waals surface area contributed by atoms with Gasteiger partial charge in [-0.05, 0) is 24.3 Å². The predicted octanol–water partition coefficient (Wildman–Crippen LogP) is 2.30. The lowest BCUT2D eigenvalue weighted by atomic mass is 10.0. The maximum atomic E-state index is 12.8. The van der Waals surface area contributed by atoms with Crippen molar-refractivity contribution >= 4 is 64.5 Å². The topological polar surface area (TPSA) is 111 Å². The number of halogens is 2. The van der Waals surface area contributed by atoms with Gasteiger partial charge in [0.2, 0.25) is 5.91 Å². The summed E-state index contributed by atoms with van der Waals surface area (Å²) < 4.78 is 1.77. The molecule has 3 heterocycles. The van der Waals surface area contributed by atoms with E-state index in [0.717, 1.165) is 0 Å². The summed E-state index contributed by atoms with van der Waals surface area (Å²) in [6.45, 7) is 0.142. The van der Waals surface area contributed by atoms with Crippen LogP contribution in [-0.4, -0.2) is 55.8 Å². The van der Waals surface area contributed by atoms with E-state index in [1.165, 1.54) is 28.4 Å². The maximum absolute atomic E-state index is 12.8. The van der Waals surface area contributed by atoms with E-state index < -0.39 is 23.3 Å². The molecule has 12 heteroatoms. The summed E-state index contributed by atoms with van der Waals surface area (Å²) in [5.41, 5.74) is 1.22. The van der Waals surface area contributed by atoms with E-state index in [1.54, 1.807) is 47.3 Å². The van der Waals surface area contributed by atoms with Gasteiger partial charge >= 0.3 is 5.97 Å². The largest absolute Gasteiger partial charge is 0.477 e. The Morgan fingerprint density at radius 3 is 2.82 bits per heavy atom. The summed E-state index contributed by atoms with van der Waals surface area (Å²) in [6.07, 6.45) is 3.50. The third kappa shape index (κ3) is 5.21. The van der Waals surface area contributed by atoms with Crippen LogP contribution in [0.5, 0.6) is 0 Å². The van der Waals surface area contributed by atoms with Gasteiger partial charge in [0.1, 0.15) is 17.1 Å². The Hall–Kier alpha value is -2.24. The Labute approximate surface area is 213 Å². The van der Waals surface area contributed by atoms with Crippen molar-refractivity contribution < 1.29 is 29.2 Å². The number of β-lactam (4-membered cyclic amide) rings is 1. The van der Waals surface area contributed by atoms with Gasteiger partial charge in [-0.3, -0.25) is 14.5 Å². The lowest BCUT2D eigenvalue weighted by Crippen LogP contribution is -2.71. The Morgan fingerprint density at radius 2 is 2.09 bits per heavy atom. The Balaban J connectivity index is 1.43. The van der Waals surface area contributed by atoms with Crippen LogP contribution in [0.4, 0.5) is 0 Å². The van der Waals surface area contributed by atoms with Crippen molar-refractivity contribution in [2.45, 2.75) is 29.5 Å². The SMILES string of the molecule is O=C(CSc1cc(Cl)ccc1Cl)N[C@H]1C(=O)N2C(C(=O)O)=C(C[n+]3cccc(CO)c3)CS[C@H]12. The number of amides is 2. The van der Waals surface area contributed by atoms with Crippen molar-refractivity contribution in [1.29, 1.82) is 0 Å². The van der Waals surface area contributed by atoms with Gasteiger partial charge in [-0.1, -0.05) is 23.2 Å². The highest BCUT2D eigenvalue weighted by molar-refractivity contribution is 8.00. The number of carbonyl (C=O) groups excluding carboxylic acids is 2. The number of nitrogens with zero attached hydrogens (tertiary/aromatic N) is 2. The first-order valence-corrected chi connectivity index (χ1v) is 12.9. The van der Waals surface area contributed by atoms with Gasteiger partial charge in [0.05, 0.1) is 17.4 Å². The van der Waals surface area contributed by atoms with Gasteiger partial charge in [-0.25, -0.2) is 9.36 Å². The van der Waals surface area contributed by atoms with Crippen molar-refractivity contribution in [3.05, 3.63) is 69.6 Å². The molecule has 8 nitrogen and oxygen atoms in total. The van der Waals surface area contributed by atoms with Gasteiger partial charge in [-0.15, -0.1) is 23.5 Å². The molecular formula is C22H20Cl2N3O5S2+. The van der Waals surface area contributed by atoms with Crippen molar-refractivity contribution in [3.8, 4) is 0 Å². The second kappa shape index (κ2) is 10.6. The normalized spacial score (nSPS) is 19.5. The quantitative estimate of drug-likeness (QED) is 0.267. The van der Waals surface area contributed by atoms with Crippen LogP contribution in [0.1, 0.15) is 5.56 Å². The standard InChI is InChI=1S/C22H19Cl2N3O5S2/c23-14-3-4-15(24)16(6-14)33-11-17(29)25-18-20(30)27-19(22(31)32)13(10-34-21(18)27)8-26-5-1-2-12(7-26)9-28/h1-7,18,21,28H,8-11H2,(H-,25,29,31,32)/p+1/t18-,21+/m0/s1. The minimum atomic E-state index is -1.19. The summed E-state index contributed by atoms with van der Waals surface area (Å²) in [4.78, 5) is 39.2. The summed E-state index contributed by atoms with van der Waals surface area (Å²) in [7, 11) is 0. The minimum absolute atomic E-state index is 0.0337. The number of aliphatic hydroxyl groups excluding tert-OH is 1. The second-order valence-electron chi connectivity index (χ2n) is 7.62. The molecule has 0 aliphatic carbocycles. The van der Waals surface area contributed by atoms with Gasteiger partial charge in [-0.2, -0.15) is 0 Å². The number of benzene rings is 1. The fourth-order valence-electron chi connectivity index (χ4n) is 3.74. The molecule has 0 radical (unpaired) electrons. The van der Waals surface area contributed by atoms with Gasteiger partial charge in [0, 0.05) is 32.9 Å². The van der Waals surface area contributed by atoms with Crippen molar-refractivity contribution in [2.24, 2.45) is 0 Å². The number of pyridine rings is 1. The molecule has 3 N–H and O–H groups in total. The highest BCUT2D eigenvalue weighted by atomic mass is 35.5.